The van der Waals surface area contributed by atoms with Gasteiger partial charge in [-0.1, -0.05) is 36.0 Å². The Balaban J connectivity index is 2.29. The second-order valence-electron chi connectivity index (χ2n) is 3.65. The van der Waals surface area contributed by atoms with Gasteiger partial charge >= 0.3 is 0 Å². The van der Waals surface area contributed by atoms with Gasteiger partial charge in [-0.05, 0) is 36.8 Å². The van der Waals surface area contributed by atoms with Crippen molar-refractivity contribution in [2.75, 3.05) is 5.23 Å². The highest BCUT2D eigenvalue weighted by Crippen LogP contribution is 2.32. The lowest BCUT2D eigenvalue weighted by molar-refractivity contribution is 0.0290. The first-order valence-corrected chi connectivity index (χ1v) is 6.00. The van der Waals surface area contributed by atoms with E-state index in [4.69, 9.17) is 10.4 Å². The number of anilines is 1. The highest BCUT2D eigenvalue weighted by molar-refractivity contribution is 7.99. The summed E-state index contributed by atoms with van der Waals surface area (Å²) in [5.41, 5.74) is 1.46. The third kappa shape index (κ3) is 3.00. The van der Waals surface area contributed by atoms with Crippen molar-refractivity contribution in [2.24, 2.45) is 0 Å². The molecule has 0 bridgehead atoms. The van der Waals surface area contributed by atoms with Gasteiger partial charge in [-0.25, -0.2) is 0 Å². The molecule has 0 amide bonds. The molecule has 0 heterocycles. The second-order valence-corrected chi connectivity index (χ2v) is 4.77. The highest BCUT2D eigenvalue weighted by atomic mass is 32.2. The predicted octanol–water partition coefficient (Wildman–Crippen LogP) is 3.73. The Bertz CT molecular complexity index is 500. The van der Waals surface area contributed by atoms with Crippen LogP contribution < -0.4 is 5.23 Å². The summed E-state index contributed by atoms with van der Waals surface area (Å²) in [7, 11) is 0. The Morgan fingerprint density at radius 3 is 2.35 bits per heavy atom. The molecule has 17 heavy (non-hydrogen) atoms. The van der Waals surface area contributed by atoms with E-state index in [1.807, 2.05) is 43.3 Å². The average molecular weight is 247 g/mol. The van der Waals surface area contributed by atoms with Gasteiger partial charge in [0.2, 0.25) is 0 Å². The fraction of sp³-hybridized carbons (Fsp3) is 0.0769. The summed E-state index contributed by atoms with van der Waals surface area (Å²) >= 11 is 1.60. The maximum atomic E-state index is 8.98. The van der Waals surface area contributed by atoms with Crippen molar-refractivity contribution in [3.05, 3.63) is 54.1 Å². The van der Waals surface area contributed by atoms with E-state index >= 15 is 0 Å². The van der Waals surface area contributed by atoms with E-state index in [1.165, 1.54) is 0 Å². The molecular weight excluding hydrogens is 234 g/mol. The molecule has 3 nitrogen and oxygen atoms in total. The van der Waals surface area contributed by atoms with Crippen LogP contribution in [0.2, 0.25) is 0 Å². The molecule has 0 aromatic heterocycles. The van der Waals surface area contributed by atoms with Crippen LogP contribution in [0.15, 0.2) is 58.3 Å². The molecule has 0 saturated heterocycles. The first-order chi connectivity index (χ1) is 8.16. The molecule has 0 aliphatic rings. The molecule has 88 valence electrons. The van der Waals surface area contributed by atoms with Crippen LogP contribution in [-0.2, 0) is 0 Å². The zero-order valence-corrected chi connectivity index (χ0v) is 10.2. The minimum absolute atomic E-state index is 0.133. The fourth-order valence-electron chi connectivity index (χ4n) is 1.44. The Morgan fingerprint density at radius 1 is 1.00 bits per heavy atom. The monoisotopic (exact) mass is 247 g/mol. The smallest absolute Gasteiger partial charge is 0.0954 e. The summed E-state index contributed by atoms with van der Waals surface area (Å²) in [4.78, 5) is 2.12. The van der Waals surface area contributed by atoms with Gasteiger partial charge in [0.25, 0.3) is 0 Å². The summed E-state index contributed by atoms with van der Waals surface area (Å²) in [5.74, 6) is 0. The van der Waals surface area contributed by atoms with Gasteiger partial charge in [-0.2, -0.15) is 0 Å². The highest BCUT2D eigenvalue weighted by Gasteiger charge is 2.05. The first-order valence-electron chi connectivity index (χ1n) is 5.18. The van der Waals surface area contributed by atoms with Gasteiger partial charge in [-0.15, -0.1) is 5.23 Å². The number of benzene rings is 2. The molecular formula is C13H13NO2S. The molecule has 2 N–H and O–H groups in total. The van der Waals surface area contributed by atoms with Crippen molar-refractivity contribution in [3.63, 3.8) is 0 Å². The van der Waals surface area contributed by atoms with Gasteiger partial charge in [0, 0.05) is 9.79 Å². The van der Waals surface area contributed by atoms with E-state index < -0.39 is 0 Å². The normalized spacial score (nSPS) is 10.3. The third-order valence-electron chi connectivity index (χ3n) is 2.37. The predicted molar refractivity (Wildman–Crippen MR) is 67.8 cm³/mol. The Kier molecular flexibility index (Phi) is 3.68. The Hall–Kier alpha value is -1.49. The van der Waals surface area contributed by atoms with E-state index in [0.29, 0.717) is 5.69 Å². The molecule has 0 aliphatic heterocycles. The van der Waals surface area contributed by atoms with Crippen LogP contribution in [0.1, 0.15) is 5.56 Å². The summed E-state index contributed by atoms with van der Waals surface area (Å²) in [6.07, 6.45) is 0. The van der Waals surface area contributed by atoms with Crippen molar-refractivity contribution in [3.8, 4) is 0 Å². The quantitative estimate of drug-likeness (QED) is 0.811. The number of hydrogen-bond donors (Lipinski definition) is 2. The van der Waals surface area contributed by atoms with Crippen LogP contribution in [0.25, 0.3) is 0 Å². The molecule has 0 atom stereocenters. The van der Waals surface area contributed by atoms with Gasteiger partial charge in [0.05, 0.1) is 5.69 Å². The summed E-state index contributed by atoms with van der Waals surface area (Å²) in [6, 6.07) is 15.2. The van der Waals surface area contributed by atoms with Crippen LogP contribution in [-0.4, -0.2) is 10.4 Å². The maximum absolute atomic E-state index is 8.98. The fourth-order valence-corrected chi connectivity index (χ4v) is 2.39. The first kappa shape index (κ1) is 12.0. The zero-order chi connectivity index (χ0) is 12.3. The Morgan fingerprint density at radius 2 is 1.71 bits per heavy atom. The van der Waals surface area contributed by atoms with Crippen molar-refractivity contribution in [1.82, 2.24) is 0 Å². The van der Waals surface area contributed by atoms with E-state index in [9.17, 15) is 0 Å². The van der Waals surface area contributed by atoms with E-state index in [0.717, 1.165) is 15.4 Å². The topological polar surface area (TPSA) is 43.7 Å². The molecule has 0 saturated carbocycles. The molecule has 0 spiro atoms. The van der Waals surface area contributed by atoms with Gasteiger partial charge < -0.3 is 0 Å². The molecule has 2 rings (SSSR count). The van der Waals surface area contributed by atoms with E-state index in [1.54, 1.807) is 23.9 Å². The summed E-state index contributed by atoms with van der Waals surface area (Å²) in [6.45, 7) is 1.99. The molecule has 0 unspecified atom stereocenters. The second kappa shape index (κ2) is 5.23. The lowest BCUT2D eigenvalue weighted by Gasteiger charge is -2.11. The third-order valence-corrected chi connectivity index (χ3v) is 3.54. The van der Waals surface area contributed by atoms with Crippen LogP contribution in [0, 0.1) is 6.92 Å². The van der Waals surface area contributed by atoms with Crippen LogP contribution in [0.5, 0.6) is 0 Å². The van der Waals surface area contributed by atoms with Crippen LogP contribution in [0.3, 0.4) is 0 Å². The zero-order valence-electron chi connectivity index (χ0n) is 9.37. The van der Waals surface area contributed by atoms with Crippen LogP contribution >= 0.6 is 11.8 Å². The maximum Gasteiger partial charge on any atom is 0.0954 e. The van der Waals surface area contributed by atoms with Crippen molar-refractivity contribution >= 4 is 17.4 Å². The minimum atomic E-state index is 0.133. The molecule has 0 fully saturated rings. The Labute approximate surface area is 104 Å². The van der Waals surface area contributed by atoms with E-state index in [2.05, 4.69) is 0 Å². The minimum Gasteiger partial charge on any atom is -0.264 e. The van der Waals surface area contributed by atoms with Crippen molar-refractivity contribution in [1.29, 1.82) is 0 Å². The lowest BCUT2D eigenvalue weighted by Crippen LogP contribution is -2.10. The van der Waals surface area contributed by atoms with Gasteiger partial charge in [0.15, 0.2) is 0 Å². The standard InChI is InChI=1S/C13H13NO2S/c1-10-7-8-11(14(15)16)9-13(10)17-12-5-3-2-4-6-12/h2-9,15-16H,1H3. The molecule has 0 aliphatic carbocycles. The number of hydrogen-bond acceptors (Lipinski definition) is 4. The molecule has 2 aromatic carbocycles. The van der Waals surface area contributed by atoms with Crippen molar-refractivity contribution in [2.45, 2.75) is 16.7 Å². The number of rotatable bonds is 3. The number of nitrogens with zero attached hydrogens (tertiary/aromatic N) is 1. The van der Waals surface area contributed by atoms with Gasteiger partial charge in [-0.3, -0.25) is 10.4 Å². The lowest BCUT2D eigenvalue weighted by atomic mass is 10.2. The molecule has 0 radical (unpaired) electrons. The summed E-state index contributed by atoms with van der Waals surface area (Å²) in [5, 5.41) is 18.1. The van der Waals surface area contributed by atoms with Gasteiger partial charge in [0.1, 0.15) is 0 Å². The average Bonchev–Trinajstić information content (AvgIpc) is 2.33. The van der Waals surface area contributed by atoms with Crippen molar-refractivity contribution < 1.29 is 10.4 Å². The van der Waals surface area contributed by atoms with Crippen LogP contribution in [0.4, 0.5) is 5.69 Å². The summed E-state index contributed by atoms with van der Waals surface area (Å²) < 4.78 is 0. The number of aryl methyl sites for hydroxylation is 1. The SMILES string of the molecule is Cc1ccc(N(O)O)cc1Sc1ccccc1. The largest absolute Gasteiger partial charge is 0.264 e. The van der Waals surface area contributed by atoms with E-state index in [-0.39, 0.29) is 5.23 Å². The molecule has 4 heteroatoms. The molecule has 2 aromatic rings.